The van der Waals surface area contributed by atoms with Crippen molar-refractivity contribution in [3.05, 3.63) is 0 Å². The smallest absolute Gasteiger partial charge is 0.146 e. The van der Waals surface area contributed by atoms with Gasteiger partial charge in [-0.05, 0) is 32.1 Å². The minimum absolute atomic E-state index is 0.360. The summed E-state index contributed by atoms with van der Waals surface area (Å²) < 4.78 is 21.2. The minimum Gasteiger partial charge on any atom is -0.385 e. The summed E-state index contributed by atoms with van der Waals surface area (Å²) >= 11 is 0. The van der Waals surface area contributed by atoms with Crippen LogP contribution in [0.25, 0.3) is 0 Å². The van der Waals surface area contributed by atoms with Gasteiger partial charge in [0.05, 0.1) is 12.2 Å². The monoisotopic (exact) mass is 232 g/mol. The van der Waals surface area contributed by atoms with Gasteiger partial charge in [-0.3, -0.25) is 0 Å². The molecule has 0 N–H and O–H groups in total. The molecule has 0 spiro atoms. The molecule has 0 unspecified atom stereocenters. The molecule has 0 aliphatic heterocycles. The first-order valence-electron chi connectivity index (χ1n) is 6.08. The second kappa shape index (κ2) is 8.93. The fourth-order valence-electron chi connectivity index (χ4n) is 1.98. The lowest BCUT2D eigenvalue weighted by Crippen LogP contribution is -2.27. The Kier molecular flexibility index (Phi) is 7.76. The van der Waals surface area contributed by atoms with Crippen molar-refractivity contribution in [2.45, 2.75) is 44.3 Å². The maximum atomic E-state index is 5.77. The summed E-state index contributed by atoms with van der Waals surface area (Å²) in [5.74, 6) is 0. The molecule has 1 aliphatic rings. The Labute approximate surface area is 98.2 Å². The van der Waals surface area contributed by atoms with Crippen molar-refractivity contribution in [1.82, 2.24) is 0 Å². The molecular weight excluding hydrogens is 208 g/mol. The molecule has 4 nitrogen and oxygen atoms in total. The summed E-state index contributed by atoms with van der Waals surface area (Å²) in [6.45, 7) is 2.00. The summed E-state index contributed by atoms with van der Waals surface area (Å²) in [4.78, 5) is 0. The van der Waals surface area contributed by atoms with Crippen LogP contribution >= 0.6 is 0 Å². The molecule has 0 bridgehead atoms. The van der Waals surface area contributed by atoms with Gasteiger partial charge < -0.3 is 18.9 Å². The van der Waals surface area contributed by atoms with E-state index in [4.69, 9.17) is 18.9 Å². The van der Waals surface area contributed by atoms with Crippen LogP contribution in [0.4, 0.5) is 0 Å². The van der Waals surface area contributed by atoms with E-state index in [1.54, 1.807) is 14.2 Å². The van der Waals surface area contributed by atoms with E-state index in [1.807, 2.05) is 0 Å². The standard InChI is InChI=1S/C12H24O4/c1-13-8-3-9-15-11-4-6-12(7-5-11)16-10-14-2/h11-12H,3-10H2,1-2H3. The van der Waals surface area contributed by atoms with Crippen molar-refractivity contribution in [3.63, 3.8) is 0 Å². The summed E-state index contributed by atoms with van der Waals surface area (Å²) in [5, 5.41) is 0. The summed E-state index contributed by atoms with van der Waals surface area (Å²) in [5.41, 5.74) is 0. The van der Waals surface area contributed by atoms with Crippen molar-refractivity contribution in [2.24, 2.45) is 0 Å². The van der Waals surface area contributed by atoms with E-state index >= 15 is 0 Å². The lowest BCUT2D eigenvalue weighted by atomic mass is 9.95. The van der Waals surface area contributed by atoms with E-state index in [0.29, 0.717) is 19.0 Å². The predicted molar refractivity (Wildman–Crippen MR) is 61.5 cm³/mol. The van der Waals surface area contributed by atoms with E-state index < -0.39 is 0 Å². The molecule has 0 aromatic rings. The SMILES string of the molecule is COCCCOC1CCC(OCOC)CC1. The Morgan fingerprint density at radius 2 is 1.44 bits per heavy atom. The first-order chi connectivity index (χ1) is 7.86. The van der Waals surface area contributed by atoms with Crippen molar-refractivity contribution in [2.75, 3.05) is 34.2 Å². The number of ether oxygens (including phenoxy) is 4. The number of hydrogen-bond acceptors (Lipinski definition) is 4. The van der Waals surface area contributed by atoms with Gasteiger partial charge in [0.25, 0.3) is 0 Å². The van der Waals surface area contributed by atoms with Crippen LogP contribution in [0.2, 0.25) is 0 Å². The zero-order chi connectivity index (χ0) is 11.6. The molecule has 1 fully saturated rings. The lowest BCUT2D eigenvalue weighted by Gasteiger charge is -2.28. The van der Waals surface area contributed by atoms with Crippen LogP contribution in [0, 0.1) is 0 Å². The maximum absolute atomic E-state index is 5.77. The molecule has 0 radical (unpaired) electrons. The highest BCUT2D eigenvalue weighted by Gasteiger charge is 2.21. The third-order valence-corrected chi connectivity index (χ3v) is 2.89. The van der Waals surface area contributed by atoms with Gasteiger partial charge in [-0.2, -0.15) is 0 Å². The molecular formula is C12H24O4. The van der Waals surface area contributed by atoms with Gasteiger partial charge in [0, 0.05) is 27.4 Å². The number of hydrogen-bond donors (Lipinski definition) is 0. The fourth-order valence-corrected chi connectivity index (χ4v) is 1.98. The van der Waals surface area contributed by atoms with Gasteiger partial charge >= 0.3 is 0 Å². The van der Waals surface area contributed by atoms with E-state index in [2.05, 4.69) is 0 Å². The van der Waals surface area contributed by atoms with Gasteiger partial charge in [-0.1, -0.05) is 0 Å². The highest BCUT2D eigenvalue weighted by molar-refractivity contribution is 4.72. The molecule has 0 atom stereocenters. The average molecular weight is 232 g/mol. The molecule has 0 aromatic carbocycles. The molecule has 1 rings (SSSR count). The Hall–Kier alpha value is -0.160. The Balaban J connectivity index is 1.98. The zero-order valence-corrected chi connectivity index (χ0v) is 10.4. The predicted octanol–water partition coefficient (Wildman–Crippen LogP) is 1.97. The van der Waals surface area contributed by atoms with Crippen LogP contribution in [0.1, 0.15) is 32.1 Å². The van der Waals surface area contributed by atoms with Crippen LogP contribution in [-0.2, 0) is 18.9 Å². The molecule has 0 amide bonds. The van der Waals surface area contributed by atoms with Gasteiger partial charge in [-0.15, -0.1) is 0 Å². The second-order valence-corrected chi connectivity index (χ2v) is 4.19. The second-order valence-electron chi connectivity index (χ2n) is 4.19. The quantitative estimate of drug-likeness (QED) is 0.473. The largest absolute Gasteiger partial charge is 0.385 e. The molecule has 0 heterocycles. The van der Waals surface area contributed by atoms with Crippen LogP contribution < -0.4 is 0 Å². The topological polar surface area (TPSA) is 36.9 Å². The number of methoxy groups -OCH3 is 2. The van der Waals surface area contributed by atoms with Gasteiger partial charge in [0.2, 0.25) is 0 Å². The molecule has 0 aromatic heterocycles. The lowest BCUT2D eigenvalue weighted by molar-refractivity contribution is -0.0977. The van der Waals surface area contributed by atoms with Crippen LogP contribution in [-0.4, -0.2) is 46.4 Å². The Morgan fingerprint density at radius 1 is 0.812 bits per heavy atom. The summed E-state index contributed by atoms with van der Waals surface area (Å²) in [6, 6.07) is 0. The Bertz CT molecular complexity index is 155. The first-order valence-corrected chi connectivity index (χ1v) is 6.08. The molecule has 1 aliphatic carbocycles. The third kappa shape index (κ3) is 5.80. The van der Waals surface area contributed by atoms with E-state index in [1.165, 1.54) is 0 Å². The first kappa shape index (κ1) is 13.9. The average Bonchev–Trinajstić information content (AvgIpc) is 2.33. The molecule has 16 heavy (non-hydrogen) atoms. The Morgan fingerprint density at radius 3 is 2.00 bits per heavy atom. The molecule has 1 saturated carbocycles. The van der Waals surface area contributed by atoms with Gasteiger partial charge in [0.1, 0.15) is 6.79 Å². The zero-order valence-electron chi connectivity index (χ0n) is 10.4. The van der Waals surface area contributed by atoms with Crippen molar-refractivity contribution < 1.29 is 18.9 Å². The van der Waals surface area contributed by atoms with Crippen molar-refractivity contribution in [3.8, 4) is 0 Å². The number of rotatable bonds is 8. The maximum Gasteiger partial charge on any atom is 0.146 e. The van der Waals surface area contributed by atoms with Crippen LogP contribution in [0.15, 0.2) is 0 Å². The highest BCUT2D eigenvalue weighted by Crippen LogP contribution is 2.23. The van der Waals surface area contributed by atoms with E-state index in [-0.39, 0.29) is 0 Å². The highest BCUT2D eigenvalue weighted by atomic mass is 16.7. The normalized spacial score (nSPS) is 25.9. The fraction of sp³-hybridized carbons (Fsp3) is 1.00. The van der Waals surface area contributed by atoms with Gasteiger partial charge in [0.15, 0.2) is 0 Å². The van der Waals surface area contributed by atoms with Gasteiger partial charge in [-0.25, -0.2) is 0 Å². The van der Waals surface area contributed by atoms with E-state index in [0.717, 1.165) is 45.3 Å². The molecule has 4 heteroatoms. The summed E-state index contributed by atoms with van der Waals surface area (Å²) in [7, 11) is 3.38. The molecule has 0 saturated heterocycles. The third-order valence-electron chi connectivity index (χ3n) is 2.89. The summed E-state index contributed by atoms with van der Waals surface area (Å²) in [6.07, 6.45) is 6.12. The van der Waals surface area contributed by atoms with Crippen LogP contribution in [0.5, 0.6) is 0 Å². The minimum atomic E-state index is 0.360. The van der Waals surface area contributed by atoms with Crippen LogP contribution in [0.3, 0.4) is 0 Å². The molecule has 96 valence electrons. The van der Waals surface area contributed by atoms with Crippen molar-refractivity contribution >= 4 is 0 Å². The van der Waals surface area contributed by atoms with E-state index in [9.17, 15) is 0 Å². The van der Waals surface area contributed by atoms with Crippen molar-refractivity contribution in [1.29, 1.82) is 0 Å².